The zero-order chi connectivity index (χ0) is 23.7. The fourth-order valence-corrected chi connectivity index (χ4v) is 4.36. The van der Waals surface area contributed by atoms with Gasteiger partial charge in [0.05, 0.1) is 6.04 Å². The molecule has 0 saturated carbocycles. The number of aromatic amines is 1. The highest BCUT2D eigenvalue weighted by atomic mass is 16.2. The van der Waals surface area contributed by atoms with Crippen molar-refractivity contribution in [2.75, 3.05) is 6.54 Å². The third kappa shape index (κ3) is 4.09. The van der Waals surface area contributed by atoms with E-state index in [0.717, 1.165) is 16.5 Å². The van der Waals surface area contributed by atoms with Crippen LogP contribution >= 0.6 is 0 Å². The summed E-state index contributed by atoms with van der Waals surface area (Å²) >= 11 is 0. The monoisotopic (exact) mass is 459 g/mol. The molecule has 34 heavy (non-hydrogen) atoms. The summed E-state index contributed by atoms with van der Waals surface area (Å²) in [5, 5.41) is 14.9. The van der Waals surface area contributed by atoms with Crippen molar-refractivity contribution in [3.63, 3.8) is 0 Å². The summed E-state index contributed by atoms with van der Waals surface area (Å²) in [7, 11) is 0. The molecule has 1 aromatic carbocycles. The number of pyridine rings is 1. The van der Waals surface area contributed by atoms with Gasteiger partial charge in [-0.2, -0.15) is 0 Å². The Balaban J connectivity index is 1.14. The highest BCUT2D eigenvalue weighted by Crippen LogP contribution is 2.20. The van der Waals surface area contributed by atoms with E-state index in [9.17, 15) is 14.4 Å². The Kier molecular flexibility index (Phi) is 5.70. The number of H-pyrrole nitrogens is 1. The summed E-state index contributed by atoms with van der Waals surface area (Å²) in [6.45, 7) is 2.11. The van der Waals surface area contributed by atoms with Crippen molar-refractivity contribution in [1.82, 2.24) is 35.1 Å². The Morgan fingerprint density at radius 1 is 1.15 bits per heavy atom. The maximum Gasteiger partial charge on any atom is 0.324 e. The number of para-hydroxylation sites is 1. The van der Waals surface area contributed by atoms with Gasteiger partial charge in [0.1, 0.15) is 6.04 Å². The zero-order valence-corrected chi connectivity index (χ0v) is 18.7. The number of nitrogens with one attached hydrogen (secondary N) is 3. The highest BCUT2D eigenvalue weighted by Gasteiger charge is 2.37. The minimum Gasteiger partial charge on any atom is -0.361 e. The number of benzene rings is 1. The number of urea groups is 1. The van der Waals surface area contributed by atoms with Crippen molar-refractivity contribution in [1.29, 1.82) is 0 Å². The van der Waals surface area contributed by atoms with Crippen molar-refractivity contribution in [2.45, 2.75) is 38.3 Å². The Morgan fingerprint density at radius 2 is 1.97 bits per heavy atom. The van der Waals surface area contributed by atoms with E-state index in [-0.39, 0.29) is 37.2 Å². The topological polar surface area (TPSA) is 124 Å². The van der Waals surface area contributed by atoms with Crippen molar-refractivity contribution in [3.8, 4) is 0 Å². The van der Waals surface area contributed by atoms with E-state index in [1.165, 1.54) is 4.90 Å². The molecule has 1 unspecified atom stereocenters. The summed E-state index contributed by atoms with van der Waals surface area (Å²) in [6.07, 6.45) is 4.64. The predicted molar refractivity (Wildman–Crippen MR) is 125 cm³/mol. The molecule has 10 nitrogen and oxygen atoms in total. The van der Waals surface area contributed by atoms with Crippen LogP contribution in [0.4, 0.5) is 4.79 Å². The second-order valence-electron chi connectivity index (χ2n) is 8.42. The Hall–Kier alpha value is -4.21. The van der Waals surface area contributed by atoms with E-state index in [4.69, 9.17) is 0 Å². The maximum atomic E-state index is 12.8. The van der Waals surface area contributed by atoms with Crippen LogP contribution in [0.25, 0.3) is 16.6 Å². The third-order valence-corrected chi connectivity index (χ3v) is 6.15. The molecule has 2 atom stereocenters. The van der Waals surface area contributed by atoms with Crippen molar-refractivity contribution >= 4 is 34.4 Å². The molecule has 174 valence electrons. The van der Waals surface area contributed by atoms with Gasteiger partial charge in [0.2, 0.25) is 5.91 Å². The van der Waals surface area contributed by atoms with Crippen LogP contribution in [-0.2, 0) is 16.0 Å². The van der Waals surface area contributed by atoms with Gasteiger partial charge in [-0.05, 0) is 43.5 Å². The number of aromatic nitrogens is 4. The number of imide groups is 1. The molecule has 10 heteroatoms. The predicted octanol–water partition coefficient (Wildman–Crippen LogP) is 2.33. The molecule has 4 heterocycles. The van der Waals surface area contributed by atoms with E-state index in [1.807, 2.05) is 66.2 Å². The van der Waals surface area contributed by atoms with Crippen LogP contribution in [0.5, 0.6) is 0 Å². The Labute approximate surface area is 195 Å². The van der Waals surface area contributed by atoms with Gasteiger partial charge in [-0.1, -0.05) is 24.3 Å². The van der Waals surface area contributed by atoms with Crippen LogP contribution in [0.1, 0.15) is 37.2 Å². The van der Waals surface area contributed by atoms with Gasteiger partial charge in [0.25, 0.3) is 5.91 Å². The van der Waals surface area contributed by atoms with Crippen LogP contribution in [0, 0.1) is 0 Å². The van der Waals surface area contributed by atoms with E-state index in [0.29, 0.717) is 17.9 Å². The minimum atomic E-state index is -0.703. The SMILES string of the molecule is C[C@H](NC(=O)CCC1NC(=O)N(CCc2c[nH]c3ccccc23)C1=O)c1nnc2ccccn12. The fourth-order valence-electron chi connectivity index (χ4n) is 4.36. The van der Waals surface area contributed by atoms with E-state index < -0.39 is 12.1 Å². The quantitative estimate of drug-likeness (QED) is 0.349. The molecule has 0 spiro atoms. The minimum absolute atomic E-state index is 0.105. The zero-order valence-electron chi connectivity index (χ0n) is 18.7. The molecule has 3 N–H and O–H groups in total. The summed E-state index contributed by atoms with van der Waals surface area (Å²) in [5.41, 5.74) is 2.77. The first-order chi connectivity index (χ1) is 16.5. The van der Waals surface area contributed by atoms with Gasteiger partial charge in [-0.15, -0.1) is 10.2 Å². The molecule has 0 bridgehead atoms. The fraction of sp³-hybridized carbons (Fsp3) is 0.292. The summed E-state index contributed by atoms with van der Waals surface area (Å²) in [6, 6.07) is 12.0. The lowest BCUT2D eigenvalue weighted by Crippen LogP contribution is -2.34. The summed E-state index contributed by atoms with van der Waals surface area (Å²) in [4.78, 5) is 42.1. The molecule has 5 rings (SSSR count). The lowest BCUT2D eigenvalue weighted by Gasteiger charge is -2.14. The average Bonchev–Trinajstić information content (AvgIpc) is 3.52. The molecule has 1 fully saturated rings. The molecule has 4 aromatic rings. The number of carbonyl (C=O) groups is 3. The molecule has 0 radical (unpaired) electrons. The van der Waals surface area contributed by atoms with Crippen LogP contribution in [0.2, 0.25) is 0 Å². The Bertz CT molecular complexity index is 1380. The normalized spacial score (nSPS) is 16.9. The van der Waals surface area contributed by atoms with Crippen LogP contribution in [0.15, 0.2) is 54.9 Å². The third-order valence-electron chi connectivity index (χ3n) is 6.15. The molecular weight excluding hydrogens is 434 g/mol. The number of carbonyl (C=O) groups excluding carboxylic acids is 3. The number of nitrogens with zero attached hydrogens (tertiary/aromatic N) is 4. The van der Waals surface area contributed by atoms with Gasteiger partial charge in [-0.3, -0.25) is 18.9 Å². The first kappa shape index (κ1) is 21.6. The van der Waals surface area contributed by atoms with Gasteiger partial charge >= 0.3 is 6.03 Å². The first-order valence-corrected chi connectivity index (χ1v) is 11.3. The van der Waals surface area contributed by atoms with Crippen molar-refractivity contribution in [2.24, 2.45) is 0 Å². The standard InChI is InChI=1S/C24H25N7O3/c1-15(22-29-28-20-8-4-5-12-30(20)22)26-21(32)10-9-19-23(33)31(24(34)27-19)13-11-16-14-25-18-7-3-2-6-17(16)18/h2-8,12,14-15,19,25H,9-11,13H2,1H3,(H,26,32)(H,27,34)/t15-,19?/m0/s1. The second kappa shape index (κ2) is 8.97. The van der Waals surface area contributed by atoms with Crippen LogP contribution in [0.3, 0.4) is 0 Å². The Morgan fingerprint density at radius 3 is 2.85 bits per heavy atom. The number of fused-ring (bicyclic) bond motifs is 2. The van der Waals surface area contributed by atoms with Gasteiger partial charge < -0.3 is 15.6 Å². The van der Waals surface area contributed by atoms with E-state index in [2.05, 4.69) is 25.8 Å². The number of rotatable bonds is 8. The van der Waals surface area contributed by atoms with Gasteiger partial charge in [0.15, 0.2) is 11.5 Å². The molecule has 3 aromatic heterocycles. The molecule has 1 saturated heterocycles. The van der Waals surface area contributed by atoms with Crippen molar-refractivity contribution in [3.05, 3.63) is 66.2 Å². The second-order valence-corrected chi connectivity index (χ2v) is 8.42. The number of hydrogen-bond acceptors (Lipinski definition) is 5. The number of hydrogen-bond donors (Lipinski definition) is 3. The molecule has 1 aliphatic rings. The molecule has 0 aliphatic carbocycles. The van der Waals surface area contributed by atoms with Gasteiger partial charge in [0, 0.05) is 36.3 Å². The van der Waals surface area contributed by atoms with Crippen LogP contribution < -0.4 is 10.6 Å². The van der Waals surface area contributed by atoms with E-state index >= 15 is 0 Å². The first-order valence-electron chi connectivity index (χ1n) is 11.3. The molecule has 1 aliphatic heterocycles. The lowest BCUT2D eigenvalue weighted by atomic mass is 10.1. The maximum absolute atomic E-state index is 12.8. The molecule has 4 amide bonds. The average molecular weight is 460 g/mol. The number of amides is 4. The largest absolute Gasteiger partial charge is 0.361 e. The smallest absolute Gasteiger partial charge is 0.324 e. The van der Waals surface area contributed by atoms with Crippen molar-refractivity contribution < 1.29 is 14.4 Å². The van der Waals surface area contributed by atoms with Gasteiger partial charge in [-0.25, -0.2) is 4.79 Å². The van der Waals surface area contributed by atoms with Crippen LogP contribution in [-0.4, -0.2) is 54.9 Å². The molecular formula is C24H25N7O3. The summed E-state index contributed by atoms with van der Waals surface area (Å²) in [5.74, 6) is 0.103. The van der Waals surface area contributed by atoms with E-state index in [1.54, 1.807) is 0 Å². The highest BCUT2D eigenvalue weighted by molar-refractivity contribution is 6.04. The lowest BCUT2D eigenvalue weighted by molar-refractivity contribution is -0.127. The summed E-state index contributed by atoms with van der Waals surface area (Å²) < 4.78 is 1.82.